The van der Waals surface area contributed by atoms with Crippen molar-refractivity contribution in [2.45, 2.75) is 0 Å². The fourth-order valence-electron chi connectivity index (χ4n) is 1.89. The second-order valence-corrected chi connectivity index (χ2v) is 6.44. The van der Waals surface area contributed by atoms with Crippen molar-refractivity contribution in [3.63, 3.8) is 0 Å². The van der Waals surface area contributed by atoms with Crippen LogP contribution in [0, 0.1) is 10.1 Å². The number of halogens is 2. The summed E-state index contributed by atoms with van der Waals surface area (Å²) >= 11 is 6.46. The Morgan fingerprint density at radius 3 is 2.72 bits per heavy atom. The summed E-state index contributed by atoms with van der Waals surface area (Å²) in [6.07, 6.45) is 1.24. The van der Waals surface area contributed by atoms with Crippen LogP contribution in [0.5, 0.6) is 11.5 Å². The normalized spacial score (nSPS) is 10.7. The number of aromatic hydroxyl groups is 1. The Hall–Kier alpha value is -2.46. The highest BCUT2D eigenvalue weighted by Crippen LogP contribution is 2.30. The van der Waals surface area contributed by atoms with Gasteiger partial charge in [0.25, 0.3) is 11.6 Å². The third kappa shape index (κ3) is 4.54. The number of phenolic OH excluding ortho intramolecular Hbond substituents is 1. The molecule has 0 unspecified atom stereocenters. The van der Waals surface area contributed by atoms with Gasteiger partial charge in [0.1, 0.15) is 11.5 Å². The molecular formula is C15H11Br2N3O5. The molecule has 1 amide bonds. The zero-order valence-electron chi connectivity index (χ0n) is 12.7. The highest BCUT2D eigenvalue weighted by Gasteiger charge is 2.17. The number of hydrogen-bond acceptors (Lipinski definition) is 6. The second-order valence-electron chi connectivity index (χ2n) is 4.67. The number of non-ortho nitro benzene ring substituents is 1. The number of hydrogen-bond donors (Lipinski definition) is 2. The Morgan fingerprint density at radius 1 is 1.36 bits per heavy atom. The molecule has 130 valence electrons. The molecule has 0 atom stereocenters. The molecule has 0 aliphatic carbocycles. The summed E-state index contributed by atoms with van der Waals surface area (Å²) in [5.74, 6) is -0.564. The van der Waals surface area contributed by atoms with Crippen LogP contribution < -0.4 is 10.2 Å². The Balaban J connectivity index is 2.23. The zero-order chi connectivity index (χ0) is 18.6. The topological polar surface area (TPSA) is 114 Å². The predicted octanol–water partition coefficient (Wildman–Crippen LogP) is 3.60. The molecule has 0 aromatic heterocycles. The lowest BCUT2D eigenvalue weighted by atomic mass is 10.1. The van der Waals surface area contributed by atoms with Crippen LogP contribution in [0.1, 0.15) is 15.9 Å². The SMILES string of the molecule is COc1ccc([N+](=O)[O-])cc1C(=O)N/N=C\c1cc(Br)cc(Br)c1O. The second kappa shape index (κ2) is 8.08. The van der Waals surface area contributed by atoms with E-state index in [1.165, 1.54) is 25.5 Å². The largest absolute Gasteiger partial charge is 0.506 e. The van der Waals surface area contributed by atoms with E-state index in [4.69, 9.17) is 4.74 Å². The summed E-state index contributed by atoms with van der Waals surface area (Å²) in [7, 11) is 1.35. The van der Waals surface area contributed by atoms with Crippen molar-refractivity contribution < 1.29 is 19.6 Å². The van der Waals surface area contributed by atoms with Gasteiger partial charge in [0.05, 0.1) is 28.3 Å². The standard InChI is InChI=1S/C15H11Br2N3O5/c1-25-13-3-2-10(20(23)24)6-11(13)15(22)19-18-7-8-4-9(16)5-12(17)14(8)21/h2-7,21H,1H3,(H,19,22)/b18-7-. The predicted molar refractivity (Wildman–Crippen MR) is 98.2 cm³/mol. The van der Waals surface area contributed by atoms with E-state index >= 15 is 0 Å². The van der Waals surface area contributed by atoms with Crippen LogP contribution in [0.4, 0.5) is 5.69 Å². The fourth-order valence-corrected chi connectivity index (χ4v) is 3.15. The molecule has 8 nitrogen and oxygen atoms in total. The van der Waals surface area contributed by atoms with Gasteiger partial charge in [-0.15, -0.1) is 0 Å². The molecule has 2 aromatic carbocycles. The van der Waals surface area contributed by atoms with Gasteiger partial charge in [-0.2, -0.15) is 5.10 Å². The number of benzene rings is 2. The highest BCUT2D eigenvalue weighted by atomic mass is 79.9. The number of ether oxygens (including phenoxy) is 1. The summed E-state index contributed by atoms with van der Waals surface area (Å²) in [4.78, 5) is 22.4. The maximum absolute atomic E-state index is 12.2. The smallest absolute Gasteiger partial charge is 0.275 e. The van der Waals surface area contributed by atoms with Gasteiger partial charge in [-0.25, -0.2) is 5.43 Å². The maximum atomic E-state index is 12.2. The summed E-state index contributed by atoms with van der Waals surface area (Å²) in [6, 6.07) is 6.91. The van der Waals surface area contributed by atoms with Crippen molar-refractivity contribution in [2.75, 3.05) is 7.11 Å². The summed E-state index contributed by atoms with van der Waals surface area (Å²) in [6.45, 7) is 0. The molecule has 2 rings (SSSR count). The molecule has 0 spiro atoms. The van der Waals surface area contributed by atoms with Crippen molar-refractivity contribution in [1.82, 2.24) is 5.43 Å². The third-order valence-electron chi connectivity index (χ3n) is 3.07. The number of methoxy groups -OCH3 is 1. The molecule has 0 bridgehead atoms. The van der Waals surface area contributed by atoms with Gasteiger partial charge >= 0.3 is 0 Å². The summed E-state index contributed by atoms with van der Waals surface area (Å²) in [5.41, 5.74) is 2.31. The van der Waals surface area contributed by atoms with E-state index in [0.717, 1.165) is 6.07 Å². The number of carbonyl (C=O) groups excluding carboxylic acids is 1. The lowest BCUT2D eigenvalue weighted by Gasteiger charge is -2.07. The Kier molecular flexibility index (Phi) is 6.10. The molecule has 0 aliphatic rings. The van der Waals surface area contributed by atoms with Gasteiger partial charge in [0.2, 0.25) is 0 Å². The van der Waals surface area contributed by atoms with E-state index in [1.807, 2.05) is 0 Å². The molecule has 10 heteroatoms. The number of amides is 1. The van der Waals surface area contributed by atoms with Crippen LogP contribution in [-0.2, 0) is 0 Å². The molecule has 25 heavy (non-hydrogen) atoms. The Bertz CT molecular complexity index is 870. The first-order valence-corrected chi connectivity index (χ1v) is 8.26. The number of nitro groups is 1. The van der Waals surface area contributed by atoms with E-state index in [1.54, 1.807) is 12.1 Å². The van der Waals surface area contributed by atoms with Crippen molar-refractivity contribution in [1.29, 1.82) is 0 Å². The van der Waals surface area contributed by atoms with E-state index in [2.05, 4.69) is 42.4 Å². The monoisotopic (exact) mass is 471 g/mol. The van der Waals surface area contributed by atoms with E-state index < -0.39 is 10.8 Å². The molecule has 0 saturated heterocycles. The Labute approximate surface area is 158 Å². The molecule has 2 N–H and O–H groups in total. The number of hydrazone groups is 1. The lowest BCUT2D eigenvalue weighted by molar-refractivity contribution is -0.384. The van der Waals surface area contributed by atoms with Crippen LogP contribution in [-0.4, -0.2) is 29.3 Å². The van der Waals surface area contributed by atoms with Gasteiger partial charge in [0, 0.05) is 22.2 Å². The molecule has 0 heterocycles. The minimum Gasteiger partial charge on any atom is -0.506 e. The van der Waals surface area contributed by atoms with E-state index in [9.17, 15) is 20.0 Å². The molecule has 0 radical (unpaired) electrons. The quantitative estimate of drug-likeness (QED) is 0.392. The zero-order valence-corrected chi connectivity index (χ0v) is 15.9. The van der Waals surface area contributed by atoms with E-state index in [-0.39, 0.29) is 22.7 Å². The first-order chi connectivity index (χ1) is 11.8. The van der Waals surface area contributed by atoms with Crippen LogP contribution in [0.2, 0.25) is 0 Å². The number of nitrogens with zero attached hydrogens (tertiary/aromatic N) is 2. The van der Waals surface area contributed by atoms with Crippen LogP contribution in [0.3, 0.4) is 0 Å². The number of phenols is 1. The first kappa shape index (κ1) is 18.9. The van der Waals surface area contributed by atoms with E-state index in [0.29, 0.717) is 14.5 Å². The number of carbonyl (C=O) groups is 1. The van der Waals surface area contributed by atoms with Gasteiger partial charge in [-0.1, -0.05) is 15.9 Å². The fraction of sp³-hybridized carbons (Fsp3) is 0.0667. The first-order valence-electron chi connectivity index (χ1n) is 6.67. The summed E-state index contributed by atoms with van der Waals surface area (Å²) in [5, 5.41) is 24.5. The van der Waals surface area contributed by atoms with Crippen molar-refractivity contribution >= 4 is 49.7 Å². The molecule has 0 saturated carbocycles. The Morgan fingerprint density at radius 2 is 2.08 bits per heavy atom. The minimum atomic E-state index is -0.689. The number of nitro benzene ring substituents is 1. The third-order valence-corrected chi connectivity index (χ3v) is 4.13. The van der Waals surface area contributed by atoms with Gasteiger partial charge in [0.15, 0.2) is 0 Å². The van der Waals surface area contributed by atoms with Crippen LogP contribution >= 0.6 is 31.9 Å². The van der Waals surface area contributed by atoms with Gasteiger partial charge in [-0.3, -0.25) is 14.9 Å². The number of rotatable bonds is 5. The van der Waals surface area contributed by atoms with Crippen molar-refractivity contribution in [3.05, 3.63) is 60.5 Å². The molecule has 0 fully saturated rings. The molecule has 2 aromatic rings. The molecular weight excluding hydrogens is 462 g/mol. The van der Waals surface area contributed by atoms with Crippen LogP contribution in [0.25, 0.3) is 0 Å². The molecule has 0 aliphatic heterocycles. The maximum Gasteiger partial charge on any atom is 0.275 e. The summed E-state index contributed by atoms with van der Waals surface area (Å²) < 4.78 is 6.18. The minimum absolute atomic E-state index is 0.0338. The highest BCUT2D eigenvalue weighted by molar-refractivity contribution is 9.11. The average molecular weight is 473 g/mol. The average Bonchev–Trinajstić information content (AvgIpc) is 2.58. The lowest BCUT2D eigenvalue weighted by Crippen LogP contribution is -2.18. The van der Waals surface area contributed by atoms with Gasteiger partial charge < -0.3 is 9.84 Å². The number of nitrogens with one attached hydrogen (secondary N) is 1. The van der Waals surface area contributed by atoms with Crippen molar-refractivity contribution in [2.24, 2.45) is 5.10 Å². The van der Waals surface area contributed by atoms with Gasteiger partial charge in [-0.05, 0) is 34.1 Å². The van der Waals surface area contributed by atoms with Crippen LogP contribution in [0.15, 0.2) is 44.4 Å². The van der Waals surface area contributed by atoms with Crippen molar-refractivity contribution in [3.8, 4) is 11.5 Å².